The van der Waals surface area contributed by atoms with Crippen LogP contribution in [0.4, 0.5) is 8.78 Å². The van der Waals surface area contributed by atoms with Crippen molar-refractivity contribution in [3.63, 3.8) is 0 Å². The zero-order chi connectivity index (χ0) is 15.2. The Morgan fingerprint density at radius 3 is 2.67 bits per heavy atom. The normalized spacial score (nSPS) is 9.90. The van der Waals surface area contributed by atoms with E-state index in [0.29, 0.717) is 21.9 Å². The summed E-state index contributed by atoms with van der Waals surface area (Å²) in [7, 11) is 0. The second-order valence-corrected chi connectivity index (χ2v) is 4.61. The summed E-state index contributed by atoms with van der Waals surface area (Å²) in [5.74, 6) is 4.83. The van der Waals surface area contributed by atoms with E-state index in [9.17, 15) is 8.78 Å². The van der Waals surface area contributed by atoms with Crippen LogP contribution in [0.1, 0.15) is 11.1 Å². The predicted molar refractivity (Wildman–Crippen MR) is 78.1 cm³/mol. The van der Waals surface area contributed by atoms with E-state index in [0.717, 1.165) is 0 Å². The van der Waals surface area contributed by atoms with E-state index in [1.807, 2.05) is 0 Å². The Kier molecular flexibility index (Phi) is 5.15. The Balaban J connectivity index is 2.19. The van der Waals surface area contributed by atoms with Crippen molar-refractivity contribution in [3.05, 3.63) is 64.2 Å². The lowest BCUT2D eigenvalue weighted by Crippen LogP contribution is -2.00. The van der Waals surface area contributed by atoms with Crippen molar-refractivity contribution in [1.29, 1.82) is 0 Å². The van der Waals surface area contributed by atoms with Crippen LogP contribution in [0.25, 0.3) is 0 Å². The number of benzene rings is 2. The molecule has 2 nitrogen and oxygen atoms in total. The highest BCUT2D eigenvalue weighted by Crippen LogP contribution is 2.21. The average Bonchev–Trinajstić information content (AvgIpc) is 2.45. The van der Waals surface area contributed by atoms with Gasteiger partial charge in [0.25, 0.3) is 0 Å². The summed E-state index contributed by atoms with van der Waals surface area (Å²) in [6.45, 7) is 0.147. The third-order valence-corrected chi connectivity index (χ3v) is 2.90. The van der Waals surface area contributed by atoms with Gasteiger partial charge in [-0.15, -0.1) is 0 Å². The van der Waals surface area contributed by atoms with Crippen LogP contribution in [0.5, 0.6) is 5.75 Å². The van der Waals surface area contributed by atoms with Gasteiger partial charge >= 0.3 is 0 Å². The van der Waals surface area contributed by atoms with Gasteiger partial charge in [0.15, 0.2) is 0 Å². The first kappa shape index (κ1) is 15.3. The van der Waals surface area contributed by atoms with Crippen molar-refractivity contribution in [3.8, 4) is 17.6 Å². The topological polar surface area (TPSA) is 35.2 Å². The van der Waals surface area contributed by atoms with Gasteiger partial charge in [-0.25, -0.2) is 8.78 Å². The van der Waals surface area contributed by atoms with E-state index in [1.54, 1.807) is 6.07 Å². The molecule has 2 N–H and O–H groups in total. The molecule has 0 atom stereocenters. The van der Waals surface area contributed by atoms with Crippen molar-refractivity contribution in [2.75, 3.05) is 6.54 Å². The van der Waals surface area contributed by atoms with Crippen LogP contribution in [0.15, 0.2) is 36.4 Å². The summed E-state index contributed by atoms with van der Waals surface area (Å²) in [5.41, 5.74) is 6.01. The molecule has 0 aliphatic rings. The van der Waals surface area contributed by atoms with Gasteiger partial charge in [0, 0.05) is 10.6 Å². The maximum atomic E-state index is 13.7. The third-order valence-electron chi connectivity index (χ3n) is 2.67. The van der Waals surface area contributed by atoms with Gasteiger partial charge in [0.2, 0.25) is 0 Å². The van der Waals surface area contributed by atoms with E-state index in [4.69, 9.17) is 22.1 Å². The average molecular weight is 308 g/mol. The summed E-state index contributed by atoms with van der Waals surface area (Å²) in [6, 6.07) is 8.26. The SMILES string of the molecule is NCC#Cc1cc(F)ccc1OCc1ccc(Cl)cc1F. The quantitative estimate of drug-likeness (QED) is 0.881. The zero-order valence-corrected chi connectivity index (χ0v) is 11.8. The minimum Gasteiger partial charge on any atom is -0.487 e. The Bertz CT molecular complexity index is 707. The highest BCUT2D eigenvalue weighted by atomic mass is 35.5. The van der Waals surface area contributed by atoms with Gasteiger partial charge in [0.05, 0.1) is 12.1 Å². The fourth-order valence-corrected chi connectivity index (χ4v) is 1.83. The number of halogens is 3. The highest BCUT2D eigenvalue weighted by Gasteiger charge is 2.07. The highest BCUT2D eigenvalue weighted by molar-refractivity contribution is 6.30. The molecule has 0 saturated carbocycles. The maximum absolute atomic E-state index is 13.7. The Morgan fingerprint density at radius 2 is 1.95 bits per heavy atom. The molecule has 0 spiro atoms. The maximum Gasteiger partial charge on any atom is 0.135 e. The summed E-state index contributed by atoms with van der Waals surface area (Å²) >= 11 is 5.68. The number of ether oxygens (including phenoxy) is 1. The Hall–Kier alpha value is -2.09. The monoisotopic (exact) mass is 307 g/mol. The van der Waals surface area contributed by atoms with E-state index in [2.05, 4.69) is 11.8 Å². The van der Waals surface area contributed by atoms with Gasteiger partial charge < -0.3 is 10.5 Å². The molecule has 2 aromatic rings. The second-order valence-electron chi connectivity index (χ2n) is 4.17. The molecule has 2 rings (SSSR count). The first-order chi connectivity index (χ1) is 10.1. The first-order valence-electron chi connectivity index (χ1n) is 6.15. The van der Waals surface area contributed by atoms with Crippen LogP contribution in [0.3, 0.4) is 0 Å². The summed E-state index contributed by atoms with van der Waals surface area (Å²) in [6.07, 6.45) is 0. The Morgan fingerprint density at radius 1 is 1.14 bits per heavy atom. The molecule has 0 saturated heterocycles. The van der Waals surface area contributed by atoms with Crippen molar-refractivity contribution in [1.82, 2.24) is 0 Å². The molecule has 108 valence electrons. The van der Waals surface area contributed by atoms with E-state index in [1.165, 1.54) is 30.3 Å². The number of nitrogens with two attached hydrogens (primary N) is 1. The van der Waals surface area contributed by atoms with Crippen LogP contribution < -0.4 is 10.5 Å². The Labute approximate surface area is 126 Å². The van der Waals surface area contributed by atoms with Gasteiger partial charge in [-0.3, -0.25) is 0 Å². The summed E-state index contributed by atoms with van der Waals surface area (Å²) < 4.78 is 32.4. The molecule has 0 aromatic heterocycles. The minimum atomic E-state index is -0.459. The molecule has 21 heavy (non-hydrogen) atoms. The molecule has 0 aliphatic heterocycles. The molecule has 5 heteroatoms. The standard InChI is InChI=1S/C16H12ClF2NO/c17-13-4-3-12(15(19)9-13)10-21-16-6-5-14(18)8-11(16)2-1-7-20/h3-6,8-9H,7,10,20H2. The first-order valence-corrected chi connectivity index (χ1v) is 6.53. The fourth-order valence-electron chi connectivity index (χ4n) is 1.67. The van der Waals surface area contributed by atoms with Crippen LogP contribution in [-0.4, -0.2) is 6.54 Å². The molecule has 0 bridgehead atoms. The van der Waals surface area contributed by atoms with Crippen molar-refractivity contribution >= 4 is 11.6 Å². The molecular weight excluding hydrogens is 296 g/mol. The number of hydrogen-bond donors (Lipinski definition) is 1. The van der Waals surface area contributed by atoms with Crippen LogP contribution in [0, 0.1) is 23.5 Å². The lowest BCUT2D eigenvalue weighted by molar-refractivity contribution is 0.298. The second kappa shape index (κ2) is 7.07. The van der Waals surface area contributed by atoms with Gasteiger partial charge in [-0.05, 0) is 30.3 Å². The van der Waals surface area contributed by atoms with Gasteiger partial charge in [-0.2, -0.15) is 0 Å². The summed E-state index contributed by atoms with van der Waals surface area (Å²) in [5, 5.41) is 0.313. The molecule has 0 fully saturated rings. The molecule has 0 unspecified atom stereocenters. The van der Waals surface area contributed by atoms with Crippen molar-refractivity contribution < 1.29 is 13.5 Å². The number of hydrogen-bond acceptors (Lipinski definition) is 2. The van der Waals surface area contributed by atoms with Crippen molar-refractivity contribution in [2.24, 2.45) is 5.73 Å². The van der Waals surface area contributed by atoms with Crippen molar-refractivity contribution in [2.45, 2.75) is 6.61 Å². The van der Waals surface area contributed by atoms with Crippen LogP contribution in [0.2, 0.25) is 5.02 Å². The van der Waals surface area contributed by atoms with Crippen LogP contribution >= 0.6 is 11.6 Å². The fraction of sp³-hybridized carbons (Fsp3) is 0.125. The lowest BCUT2D eigenvalue weighted by Gasteiger charge is -2.09. The van der Waals surface area contributed by atoms with Gasteiger partial charge in [0.1, 0.15) is 24.0 Å². The molecule has 0 amide bonds. The van der Waals surface area contributed by atoms with Crippen LogP contribution in [-0.2, 0) is 6.61 Å². The molecule has 0 aliphatic carbocycles. The van der Waals surface area contributed by atoms with E-state index < -0.39 is 11.6 Å². The largest absolute Gasteiger partial charge is 0.487 e. The summed E-state index contributed by atoms with van der Waals surface area (Å²) in [4.78, 5) is 0. The predicted octanol–water partition coefficient (Wildman–Crippen LogP) is 3.51. The third kappa shape index (κ3) is 4.19. The lowest BCUT2D eigenvalue weighted by atomic mass is 10.2. The molecular formula is C16H12ClF2NO. The molecule has 2 aromatic carbocycles. The minimum absolute atomic E-state index is 0.00800. The number of rotatable bonds is 3. The molecule has 0 radical (unpaired) electrons. The van der Waals surface area contributed by atoms with E-state index in [-0.39, 0.29) is 13.2 Å². The van der Waals surface area contributed by atoms with E-state index >= 15 is 0 Å². The molecule has 0 heterocycles. The smallest absolute Gasteiger partial charge is 0.135 e. The van der Waals surface area contributed by atoms with Gasteiger partial charge in [-0.1, -0.05) is 29.5 Å². The zero-order valence-electron chi connectivity index (χ0n) is 11.0.